The molecule has 0 radical (unpaired) electrons. The first-order valence-electron chi connectivity index (χ1n) is 12.0. The second-order valence-corrected chi connectivity index (χ2v) is 9.52. The summed E-state index contributed by atoms with van der Waals surface area (Å²) in [6.07, 6.45) is 0.119. The van der Waals surface area contributed by atoms with Crippen LogP contribution in [0.5, 0.6) is 17.2 Å². The lowest BCUT2D eigenvalue weighted by Crippen LogP contribution is -2.41. The lowest BCUT2D eigenvalue weighted by Gasteiger charge is -2.27. The van der Waals surface area contributed by atoms with Crippen molar-refractivity contribution in [3.05, 3.63) is 41.5 Å². The first kappa shape index (κ1) is 25.6. The Kier molecular flexibility index (Phi) is 7.55. The Morgan fingerprint density at radius 1 is 1.28 bits per heavy atom. The normalized spacial score (nSPS) is 17.4. The molecule has 9 heteroatoms. The fourth-order valence-electron chi connectivity index (χ4n) is 4.45. The molecule has 1 heterocycles. The Labute approximate surface area is 209 Å². The number of anilines is 2. The third-order valence-corrected chi connectivity index (χ3v) is 6.13. The van der Waals surface area contributed by atoms with Crippen LogP contribution in [-0.2, 0) is 4.79 Å². The van der Waals surface area contributed by atoms with E-state index < -0.39 is 18.1 Å². The van der Waals surface area contributed by atoms with Crippen LogP contribution in [0, 0.1) is 11.8 Å². The molecule has 192 valence electrons. The number of nitrogens with one attached hydrogen (secondary N) is 2. The lowest BCUT2D eigenvalue weighted by molar-refractivity contribution is -0.158. The molecular formula is C27H31F2N3O4. The van der Waals surface area contributed by atoms with Gasteiger partial charge >= 0.3 is 6.11 Å². The molecule has 1 atom stereocenters. The summed E-state index contributed by atoms with van der Waals surface area (Å²) in [7, 11) is 3.85. The number of amides is 1. The molecule has 0 unspecified atom stereocenters. The third kappa shape index (κ3) is 6.38. The number of hydrogen-bond acceptors (Lipinski definition) is 6. The SMILES string of the molecule is CN(C)CC#Cc1cc(C2CCCC2)c(O)cc1NC(=O)[C@@H]1CNc2cc(OC(C)(F)F)ccc2O1. The summed E-state index contributed by atoms with van der Waals surface area (Å²) in [4.78, 5) is 15.0. The van der Waals surface area contributed by atoms with Crippen LogP contribution in [0.1, 0.15) is 49.7 Å². The number of hydrogen-bond donors (Lipinski definition) is 3. The van der Waals surface area contributed by atoms with Crippen molar-refractivity contribution < 1.29 is 28.2 Å². The monoisotopic (exact) mass is 499 g/mol. The first-order chi connectivity index (χ1) is 17.1. The van der Waals surface area contributed by atoms with E-state index >= 15 is 0 Å². The zero-order chi connectivity index (χ0) is 25.9. The molecule has 2 aromatic rings. The van der Waals surface area contributed by atoms with Gasteiger partial charge in [0.15, 0.2) is 6.10 Å². The Morgan fingerprint density at radius 2 is 2.03 bits per heavy atom. The molecule has 7 nitrogen and oxygen atoms in total. The molecule has 3 N–H and O–H groups in total. The summed E-state index contributed by atoms with van der Waals surface area (Å²) in [5.41, 5.74) is 2.36. The van der Waals surface area contributed by atoms with E-state index in [1.54, 1.807) is 6.07 Å². The zero-order valence-corrected chi connectivity index (χ0v) is 20.7. The Bertz CT molecular complexity index is 1180. The first-order valence-corrected chi connectivity index (χ1v) is 12.0. The number of carbonyl (C=O) groups excluding carboxylic acids is 1. The van der Waals surface area contributed by atoms with Gasteiger partial charge in [0.05, 0.1) is 24.5 Å². The maximum Gasteiger partial charge on any atom is 0.394 e. The highest BCUT2D eigenvalue weighted by atomic mass is 19.3. The molecule has 1 fully saturated rings. The Morgan fingerprint density at radius 3 is 2.72 bits per heavy atom. The predicted octanol–water partition coefficient (Wildman–Crippen LogP) is 4.77. The summed E-state index contributed by atoms with van der Waals surface area (Å²) in [5.74, 6) is 6.57. The molecule has 0 aromatic heterocycles. The van der Waals surface area contributed by atoms with Gasteiger partial charge in [-0.2, -0.15) is 8.78 Å². The molecule has 1 aliphatic carbocycles. The van der Waals surface area contributed by atoms with Crippen LogP contribution in [0.4, 0.5) is 20.2 Å². The van der Waals surface area contributed by atoms with Gasteiger partial charge in [-0.05, 0) is 56.6 Å². The average molecular weight is 500 g/mol. The van der Waals surface area contributed by atoms with Gasteiger partial charge in [0.1, 0.15) is 17.2 Å². The van der Waals surface area contributed by atoms with E-state index in [1.165, 1.54) is 18.2 Å². The summed E-state index contributed by atoms with van der Waals surface area (Å²) >= 11 is 0. The highest BCUT2D eigenvalue weighted by Crippen LogP contribution is 2.41. The van der Waals surface area contributed by atoms with Gasteiger partial charge in [-0.15, -0.1) is 0 Å². The van der Waals surface area contributed by atoms with Crippen molar-refractivity contribution in [3.63, 3.8) is 0 Å². The van der Waals surface area contributed by atoms with E-state index in [9.17, 15) is 18.7 Å². The second kappa shape index (κ2) is 10.6. The maximum atomic E-state index is 13.1. The number of alkyl halides is 2. The number of halogens is 2. The fourth-order valence-corrected chi connectivity index (χ4v) is 4.45. The van der Waals surface area contributed by atoms with Gasteiger partial charge < -0.3 is 25.2 Å². The van der Waals surface area contributed by atoms with Gasteiger partial charge in [-0.3, -0.25) is 9.69 Å². The highest BCUT2D eigenvalue weighted by Gasteiger charge is 2.29. The van der Waals surface area contributed by atoms with Crippen molar-refractivity contribution in [1.82, 2.24) is 4.90 Å². The number of ether oxygens (including phenoxy) is 2. The van der Waals surface area contributed by atoms with Crippen molar-refractivity contribution in [3.8, 4) is 29.1 Å². The zero-order valence-electron chi connectivity index (χ0n) is 20.7. The number of carbonyl (C=O) groups is 1. The number of phenolic OH excluding ortho intramolecular Hbond substituents is 1. The predicted molar refractivity (Wildman–Crippen MR) is 134 cm³/mol. The third-order valence-electron chi connectivity index (χ3n) is 6.13. The van der Waals surface area contributed by atoms with E-state index in [0.717, 1.165) is 31.2 Å². The van der Waals surface area contributed by atoms with Gasteiger partial charge in [-0.1, -0.05) is 24.7 Å². The smallest absolute Gasteiger partial charge is 0.394 e. The maximum absolute atomic E-state index is 13.1. The van der Waals surface area contributed by atoms with Crippen LogP contribution in [0.15, 0.2) is 30.3 Å². The standard InChI is InChI=1S/C27H31F2N3O4/c1-27(28,29)36-19-10-11-24-22(14-19)30-16-25(35-24)26(34)31-21-15-23(33)20(17-7-4-5-8-17)13-18(21)9-6-12-32(2)3/h10-11,13-15,17,25,30,33H,4-5,7-8,12,16H2,1-3H3,(H,31,34)/t25-/m0/s1. The minimum absolute atomic E-state index is 0.0148. The summed E-state index contributed by atoms with van der Waals surface area (Å²) in [5, 5.41) is 16.6. The molecule has 1 saturated carbocycles. The van der Waals surface area contributed by atoms with Crippen molar-refractivity contribution in [1.29, 1.82) is 0 Å². The van der Waals surface area contributed by atoms with Crippen LogP contribution in [0.25, 0.3) is 0 Å². The number of aromatic hydroxyl groups is 1. The largest absolute Gasteiger partial charge is 0.508 e. The van der Waals surface area contributed by atoms with E-state index in [1.807, 2.05) is 25.1 Å². The Balaban J connectivity index is 1.52. The molecule has 4 rings (SSSR count). The molecular weight excluding hydrogens is 468 g/mol. The van der Waals surface area contributed by atoms with Crippen LogP contribution < -0.4 is 20.1 Å². The van der Waals surface area contributed by atoms with Crippen molar-refractivity contribution in [2.24, 2.45) is 0 Å². The molecule has 36 heavy (non-hydrogen) atoms. The van der Waals surface area contributed by atoms with Crippen LogP contribution in [0.3, 0.4) is 0 Å². The highest BCUT2D eigenvalue weighted by molar-refractivity contribution is 5.96. The molecule has 0 spiro atoms. The number of phenols is 1. The van der Waals surface area contributed by atoms with E-state index in [2.05, 4.69) is 27.2 Å². The van der Waals surface area contributed by atoms with E-state index in [4.69, 9.17) is 4.74 Å². The van der Waals surface area contributed by atoms with Crippen LogP contribution >= 0.6 is 0 Å². The lowest BCUT2D eigenvalue weighted by atomic mass is 9.94. The molecule has 1 aliphatic heterocycles. The number of nitrogens with zero attached hydrogens (tertiary/aromatic N) is 1. The number of fused-ring (bicyclic) bond motifs is 1. The minimum atomic E-state index is -3.31. The molecule has 2 aliphatic rings. The van der Waals surface area contributed by atoms with Gasteiger partial charge in [0.25, 0.3) is 5.91 Å². The minimum Gasteiger partial charge on any atom is -0.508 e. The van der Waals surface area contributed by atoms with E-state index in [-0.39, 0.29) is 24.0 Å². The van der Waals surface area contributed by atoms with E-state index in [0.29, 0.717) is 36.2 Å². The second-order valence-electron chi connectivity index (χ2n) is 9.52. The quantitative estimate of drug-likeness (QED) is 0.497. The Hall–Kier alpha value is -3.51. The number of rotatable bonds is 6. The van der Waals surface area contributed by atoms with Crippen molar-refractivity contribution in [2.75, 3.05) is 37.8 Å². The molecule has 0 bridgehead atoms. The average Bonchev–Trinajstić information content (AvgIpc) is 3.33. The number of benzene rings is 2. The summed E-state index contributed by atoms with van der Waals surface area (Å²) in [6, 6.07) is 7.67. The van der Waals surface area contributed by atoms with Gasteiger partial charge in [0.2, 0.25) is 0 Å². The topological polar surface area (TPSA) is 83.1 Å². The summed E-state index contributed by atoms with van der Waals surface area (Å²) in [6.45, 7) is 1.34. The molecule has 0 saturated heterocycles. The van der Waals surface area contributed by atoms with Gasteiger partial charge in [0, 0.05) is 24.6 Å². The van der Waals surface area contributed by atoms with Crippen molar-refractivity contribution >= 4 is 17.3 Å². The molecule has 2 aromatic carbocycles. The molecule has 1 amide bonds. The van der Waals surface area contributed by atoms with Crippen LogP contribution in [-0.4, -0.2) is 55.3 Å². The van der Waals surface area contributed by atoms with Crippen LogP contribution in [0.2, 0.25) is 0 Å². The fraction of sp³-hybridized carbons (Fsp3) is 0.444. The van der Waals surface area contributed by atoms with Gasteiger partial charge in [-0.25, -0.2) is 0 Å². The van der Waals surface area contributed by atoms with Crippen molar-refractivity contribution in [2.45, 2.75) is 50.7 Å². The summed E-state index contributed by atoms with van der Waals surface area (Å²) < 4.78 is 36.7.